The van der Waals surface area contributed by atoms with Gasteiger partial charge in [-0.25, -0.2) is 0 Å². The third-order valence-corrected chi connectivity index (χ3v) is 2.75. The van der Waals surface area contributed by atoms with Crippen LogP contribution in [0.4, 0.5) is 6.01 Å². The van der Waals surface area contributed by atoms with E-state index in [1.807, 2.05) is 20.8 Å². The summed E-state index contributed by atoms with van der Waals surface area (Å²) in [7, 11) is 0. The fourth-order valence-corrected chi connectivity index (χ4v) is 1.72. The van der Waals surface area contributed by atoms with Crippen LogP contribution in [-0.4, -0.2) is 34.4 Å². The summed E-state index contributed by atoms with van der Waals surface area (Å²) in [6.45, 7) is 6.34. The maximum absolute atomic E-state index is 11.7. The van der Waals surface area contributed by atoms with Gasteiger partial charge in [-0.05, 0) is 0 Å². The SMILES string of the molecule is CC(C)(C)c1nnc(N2CC(CO)CC2=O)o1. The quantitative estimate of drug-likeness (QED) is 0.822. The average molecular weight is 239 g/mol. The van der Waals surface area contributed by atoms with Gasteiger partial charge in [0.1, 0.15) is 0 Å². The van der Waals surface area contributed by atoms with Crippen LogP contribution in [0.15, 0.2) is 4.42 Å². The first-order chi connectivity index (χ1) is 7.91. The largest absolute Gasteiger partial charge is 0.407 e. The van der Waals surface area contributed by atoms with Crippen molar-refractivity contribution in [3.8, 4) is 0 Å². The Morgan fingerprint density at radius 1 is 1.47 bits per heavy atom. The Bertz CT molecular complexity index is 422. The molecule has 1 N–H and O–H groups in total. The molecule has 2 rings (SSSR count). The molecule has 1 atom stereocenters. The maximum Gasteiger partial charge on any atom is 0.325 e. The van der Waals surface area contributed by atoms with E-state index >= 15 is 0 Å². The molecule has 0 spiro atoms. The predicted molar refractivity (Wildman–Crippen MR) is 60.5 cm³/mol. The van der Waals surface area contributed by atoms with E-state index in [1.165, 1.54) is 4.90 Å². The monoisotopic (exact) mass is 239 g/mol. The van der Waals surface area contributed by atoms with Gasteiger partial charge in [0.05, 0.1) is 0 Å². The van der Waals surface area contributed by atoms with E-state index in [2.05, 4.69) is 10.2 Å². The summed E-state index contributed by atoms with van der Waals surface area (Å²) in [5, 5.41) is 16.9. The second-order valence-electron chi connectivity index (χ2n) is 5.40. The molecule has 1 amide bonds. The first-order valence-electron chi connectivity index (χ1n) is 5.67. The van der Waals surface area contributed by atoms with Gasteiger partial charge in [-0.15, -0.1) is 5.10 Å². The van der Waals surface area contributed by atoms with E-state index in [1.54, 1.807) is 0 Å². The Balaban J connectivity index is 2.19. The van der Waals surface area contributed by atoms with Crippen LogP contribution >= 0.6 is 0 Å². The number of carbonyl (C=O) groups is 1. The molecule has 6 heteroatoms. The van der Waals surface area contributed by atoms with Crippen molar-refractivity contribution < 1.29 is 14.3 Å². The van der Waals surface area contributed by atoms with Crippen LogP contribution in [0.3, 0.4) is 0 Å². The Labute approximate surface area is 99.6 Å². The zero-order valence-electron chi connectivity index (χ0n) is 10.3. The highest BCUT2D eigenvalue weighted by atomic mass is 16.4. The second kappa shape index (κ2) is 4.10. The van der Waals surface area contributed by atoms with Gasteiger partial charge in [0.25, 0.3) is 0 Å². The topological polar surface area (TPSA) is 79.5 Å². The normalized spacial score (nSPS) is 21.3. The molecule has 1 unspecified atom stereocenters. The van der Waals surface area contributed by atoms with E-state index in [0.29, 0.717) is 18.9 Å². The number of anilines is 1. The van der Waals surface area contributed by atoms with Gasteiger partial charge < -0.3 is 9.52 Å². The number of rotatable bonds is 2. The number of carbonyl (C=O) groups excluding carboxylic acids is 1. The van der Waals surface area contributed by atoms with Crippen LogP contribution in [0, 0.1) is 5.92 Å². The Morgan fingerprint density at radius 3 is 2.65 bits per heavy atom. The molecule has 1 saturated heterocycles. The van der Waals surface area contributed by atoms with E-state index < -0.39 is 0 Å². The highest BCUT2D eigenvalue weighted by Gasteiger charge is 2.34. The van der Waals surface area contributed by atoms with E-state index in [-0.39, 0.29) is 29.9 Å². The number of nitrogens with zero attached hydrogens (tertiary/aromatic N) is 3. The number of aliphatic hydroxyl groups excluding tert-OH is 1. The minimum absolute atomic E-state index is 0.00249. The summed E-state index contributed by atoms with van der Waals surface area (Å²) in [5.74, 6) is 0.397. The van der Waals surface area contributed by atoms with Crippen LogP contribution in [0.25, 0.3) is 0 Å². The zero-order chi connectivity index (χ0) is 12.6. The molecule has 1 aromatic rings. The van der Waals surface area contributed by atoms with E-state index in [9.17, 15) is 4.79 Å². The summed E-state index contributed by atoms with van der Waals surface area (Å²) >= 11 is 0. The van der Waals surface area contributed by atoms with Gasteiger partial charge in [0.15, 0.2) is 0 Å². The molecule has 0 saturated carbocycles. The molecule has 2 heterocycles. The molecule has 94 valence electrons. The Morgan fingerprint density at radius 2 is 2.18 bits per heavy atom. The van der Waals surface area contributed by atoms with Gasteiger partial charge in [0.2, 0.25) is 11.8 Å². The maximum atomic E-state index is 11.7. The number of hydrogen-bond donors (Lipinski definition) is 1. The van der Waals surface area contributed by atoms with Gasteiger partial charge in [0, 0.05) is 30.9 Å². The lowest BCUT2D eigenvalue weighted by atomic mass is 9.97. The van der Waals surface area contributed by atoms with Crippen molar-refractivity contribution >= 4 is 11.9 Å². The van der Waals surface area contributed by atoms with Crippen molar-refractivity contribution in [2.75, 3.05) is 18.1 Å². The predicted octanol–water partition coefficient (Wildman–Crippen LogP) is 0.712. The van der Waals surface area contributed by atoms with Crippen LogP contribution in [0.2, 0.25) is 0 Å². The van der Waals surface area contributed by atoms with Gasteiger partial charge >= 0.3 is 6.01 Å². The Kier molecular flexibility index (Phi) is 2.91. The van der Waals surface area contributed by atoms with Crippen LogP contribution in [0.5, 0.6) is 0 Å². The van der Waals surface area contributed by atoms with Crippen molar-refractivity contribution in [3.63, 3.8) is 0 Å². The van der Waals surface area contributed by atoms with Crippen molar-refractivity contribution in [1.29, 1.82) is 0 Å². The standard InChI is InChI=1S/C11H17N3O3/c1-11(2,3)9-12-13-10(17-9)14-5-7(6-15)4-8(14)16/h7,15H,4-6H2,1-3H3. The fraction of sp³-hybridized carbons (Fsp3) is 0.727. The van der Waals surface area contributed by atoms with Crippen LogP contribution in [-0.2, 0) is 10.2 Å². The molecule has 6 nitrogen and oxygen atoms in total. The average Bonchev–Trinajstić information content (AvgIpc) is 2.82. The highest BCUT2D eigenvalue weighted by molar-refractivity contribution is 5.93. The fourth-order valence-electron chi connectivity index (χ4n) is 1.72. The number of amides is 1. The molecule has 0 bridgehead atoms. The summed E-state index contributed by atoms with van der Waals surface area (Å²) < 4.78 is 5.50. The molecule has 1 aliphatic heterocycles. The molecule has 0 radical (unpaired) electrons. The molecular weight excluding hydrogens is 222 g/mol. The van der Waals surface area contributed by atoms with Crippen LogP contribution in [0.1, 0.15) is 33.1 Å². The lowest BCUT2D eigenvalue weighted by molar-refractivity contribution is -0.117. The van der Waals surface area contributed by atoms with E-state index in [0.717, 1.165) is 0 Å². The lowest BCUT2D eigenvalue weighted by Gasteiger charge is -2.13. The number of aliphatic hydroxyl groups is 1. The lowest BCUT2D eigenvalue weighted by Crippen LogP contribution is -2.25. The second-order valence-corrected chi connectivity index (χ2v) is 5.40. The Hall–Kier alpha value is -1.43. The smallest absolute Gasteiger partial charge is 0.325 e. The molecule has 17 heavy (non-hydrogen) atoms. The number of hydrogen-bond acceptors (Lipinski definition) is 5. The summed E-state index contributed by atoms with van der Waals surface area (Å²) in [6.07, 6.45) is 0.337. The minimum Gasteiger partial charge on any atom is -0.407 e. The van der Waals surface area contributed by atoms with E-state index in [4.69, 9.17) is 9.52 Å². The van der Waals surface area contributed by atoms with Gasteiger partial charge in [-0.3, -0.25) is 9.69 Å². The van der Waals surface area contributed by atoms with Crippen molar-refractivity contribution in [2.45, 2.75) is 32.6 Å². The third kappa shape index (κ3) is 2.31. The summed E-state index contributed by atoms with van der Waals surface area (Å²) in [4.78, 5) is 13.1. The highest BCUT2D eigenvalue weighted by Crippen LogP contribution is 2.27. The van der Waals surface area contributed by atoms with Crippen molar-refractivity contribution in [3.05, 3.63) is 5.89 Å². The third-order valence-electron chi connectivity index (χ3n) is 2.75. The molecule has 1 aliphatic rings. The van der Waals surface area contributed by atoms with Crippen LogP contribution < -0.4 is 4.90 Å². The first kappa shape index (κ1) is 12.0. The molecule has 1 fully saturated rings. The van der Waals surface area contributed by atoms with Crippen molar-refractivity contribution in [2.24, 2.45) is 5.92 Å². The first-order valence-corrected chi connectivity index (χ1v) is 5.67. The number of aromatic nitrogens is 2. The molecule has 1 aromatic heterocycles. The van der Waals surface area contributed by atoms with Gasteiger partial charge in [-0.2, -0.15) is 0 Å². The molecular formula is C11H17N3O3. The van der Waals surface area contributed by atoms with Crippen molar-refractivity contribution in [1.82, 2.24) is 10.2 Å². The molecule has 0 aliphatic carbocycles. The summed E-state index contributed by atoms with van der Waals surface area (Å²) in [5.41, 5.74) is -0.232. The molecule has 0 aromatic carbocycles. The zero-order valence-corrected chi connectivity index (χ0v) is 10.3. The van der Waals surface area contributed by atoms with Gasteiger partial charge in [-0.1, -0.05) is 25.9 Å². The summed E-state index contributed by atoms with van der Waals surface area (Å²) in [6, 6.07) is 0.232. The minimum atomic E-state index is -0.232.